The average Bonchev–Trinajstić information content (AvgIpc) is 2.78. The van der Waals surface area contributed by atoms with E-state index in [1.54, 1.807) is 0 Å². The smallest absolute Gasteiger partial charge is 0.144 e. The van der Waals surface area contributed by atoms with Crippen molar-refractivity contribution in [2.24, 2.45) is 21.9 Å². The Balaban J connectivity index is 1.86. The lowest BCUT2D eigenvalue weighted by Gasteiger charge is -2.34. The molecule has 2 bridgehead atoms. The van der Waals surface area contributed by atoms with Gasteiger partial charge in [0.05, 0.1) is 5.71 Å². The van der Waals surface area contributed by atoms with Crippen molar-refractivity contribution in [3.05, 3.63) is 0 Å². The van der Waals surface area contributed by atoms with Gasteiger partial charge in [0.25, 0.3) is 0 Å². The molecule has 3 atom stereocenters. The quantitative estimate of drug-likeness (QED) is 0.735. The number of likely N-dealkylation sites (N-methyl/N-ethyl adjacent to an activating group) is 1. The average molecular weight is 296 g/mol. The molecule has 2 saturated carbocycles. The molecule has 2 aliphatic rings. The predicted molar refractivity (Wildman–Crippen MR) is 86.4 cm³/mol. The van der Waals surface area contributed by atoms with E-state index in [1.807, 2.05) is 0 Å². The van der Waals surface area contributed by atoms with Crippen molar-refractivity contribution in [3.63, 3.8) is 0 Å². The summed E-state index contributed by atoms with van der Waals surface area (Å²) in [5, 5.41) is 14.4. The molecule has 1 N–H and O–H groups in total. The van der Waals surface area contributed by atoms with Gasteiger partial charge in [0.15, 0.2) is 0 Å². The van der Waals surface area contributed by atoms with Crippen LogP contribution < -0.4 is 0 Å². The van der Waals surface area contributed by atoms with Crippen LogP contribution in [0.5, 0.6) is 0 Å². The Morgan fingerprint density at radius 2 is 2.00 bits per heavy atom. The highest BCUT2D eigenvalue weighted by atomic mass is 16.6. The van der Waals surface area contributed by atoms with Gasteiger partial charge < -0.3 is 14.8 Å². The van der Waals surface area contributed by atoms with E-state index >= 15 is 0 Å². The number of rotatable bonds is 7. The van der Waals surface area contributed by atoms with Crippen LogP contribution >= 0.6 is 0 Å². The van der Waals surface area contributed by atoms with Crippen LogP contribution in [0.3, 0.4) is 0 Å². The van der Waals surface area contributed by atoms with Crippen LogP contribution in [-0.4, -0.2) is 48.1 Å². The fourth-order valence-corrected chi connectivity index (χ4v) is 4.10. The summed E-state index contributed by atoms with van der Waals surface area (Å²) in [6.07, 6.45) is 3.13. The Labute approximate surface area is 129 Å². The van der Waals surface area contributed by atoms with Crippen molar-refractivity contribution in [2.45, 2.75) is 60.0 Å². The fraction of sp³-hybridized carbons (Fsp3) is 0.941. The zero-order valence-corrected chi connectivity index (χ0v) is 14.4. The van der Waals surface area contributed by atoms with E-state index in [-0.39, 0.29) is 5.41 Å². The molecule has 4 heteroatoms. The number of nitrogens with zero attached hydrogens (tertiary/aromatic N) is 2. The first-order valence-corrected chi connectivity index (χ1v) is 8.44. The SMILES string of the molecule is CCN(CC)CC(O)CO/N=C1/CC2CCC1(C)C2(C)C. The monoisotopic (exact) mass is 296 g/mol. The largest absolute Gasteiger partial charge is 0.393 e. The number of aliphatic hydroxyl groups excluding tert-OH is 1. The minimum atomic E-state index is -0.464. The topological polar surface area (TPSA) is 45.1 Å². The Bertz CT molecular complexity index is 390. The maximum atomic E-state index is 10.0. The highest BCUT2D eigenvalue weighted by Crippen LogP contribution is 2.63. The van der Waals surface area contributed by atoms with Gasteiger partial charge in [-0.2, -0.15) is 0 Å². The summed E-state index contributed by atoms with van der Waals surface area (Å²) in [6.45, 7) is 14.1. The highest BCUT2D eigenvalue weighted by molar-refractivity contribution is 5.93. The third kappa shape index (κ3) is 2.98. The summed E-state index contributed by atoms with van der Waals surface area (Å²) in [5.41, 5.74) is 1.72. The zero-order chi connectivity index (χ0) is 15.7. The maximum Gasteiger partial charge on any atom is 0.144 e. The van der Waals surface area contributed by atoms with E-state index in [4.69, 9.17) is 4.84 Å². The molecule has 0 aromatic carbocycles. The molecular formula is C17H32N2O2. The van der Waals surface area contributed by atoms with Crippen molar-refractivity contribution in [2.75, 3.05) is 26.2 Å². The molecule has 0 aromatic rings. The molecule has 0 aromatic heterocycles. The standard InChI is InChI=1S/C17H32N2O2/c1-6-19(7-2)11-14(20)12-21-18-15-10-13-8-9-17(15,5)16(13,3)4/h13-14,20H,6-12H2,1-5H3/b18-15-. The molecule has 0 aliphatic heterocycles. The number of fused-ring (bicyclic) bond motifs is 2. The second-order valence-electron chi connectivity index (χ2n) is 7.47. The summed E-state index contributed by atoms with van der Waals surface area (Å²) in [7, 11) is 0. The van der Waals surface area contributed by atoms with Gasteiger partial charge in [-0.3, -0.25) is 0 Å². The molecule has 0 radical (unpaired) electrons. The summed E-state index contributed by atoms with van der Waals surface area (Å²) in [6, 6.07) is 0. The maximum absolute atomic E-state index is 10.0. The van der Waals surface area contributed by atoms with Gasteiger partial charge in [-0.1, -0.05) is 39.8 Å². The number of hydrogen-bond acceptors (Lipinski definition) is 4. The first kappa shape index (κ1) is 16.8. The van der Waals surface area contributed by atoms with Crippen LogP contribution in [-0.2, 0) is 4.84 Å². The van der Waals surface area contributed by atoms with Gasteiger partial charge in [0.2, 0.25) is 0 Å². The van der Waals surface area contributed by atoms with Crippen LogP contribution in [0.25, 0.3) is 0 Å². The molecule has 2 rings (SSSR count). The molecule has 122 valence electrons. The highest BCUT2D eigenvalue weighted by Gasteiger charge is 2.60. The first-order valence-electron chi connectivity index (χ1n) is 8.44. The zero-order valence-electron chi connectivity index (χ0n) is 14.4. The lowest BCUT2D eigenvalue weighted by Crippen LogP contribution is -2.35. The van der Waals surface area contributed by atoms with E-state index < -0.39 is 6.10 Å². The van der Waals surface area contributed by atoms with E-state index in [1.165, 1.54) is 18.6 Å². The summed E-state index contributed by atoms with van der Waals surface area (Å²) >= 11 is 0. The van der Waals surface area contributed by atoms with Gasteiger partial charge in [-0.15, -0.1) is 0 Å². The molecule has 2 aliphatic carbocycles. The van der Waals surface area contributed by atoms with Gasteiger partial charge in [-0.05, 0) is 43.7 Å². The van der Waals surface area contributed by atoms with E-state index in [9.17, 15) is 5.11 Å². The van der Waals surface area contributed by atoms with Gasteiger partial charge in [0, 0.05) is 12.0 Å². The Morgan fingerprint density at radius 1 is 1.33 bits per heavy atom. The van der Waals surface area contributed by atoms with E-state index in [2.05, 4.69) is 44.7 Å². The number of hydrogen-bond donors (Lipinski definition) is 1. The summed E-state index contributed by atoms with van der Waals surface area (Å²) in [4.78, 5) is 7.69. The van der Waals surface area contributed by atoms with Crippen LogP contribution in [0.1, 0.15) is 53.9 Å². The van der Waals surface area contributed by atoms with Gasteiger partial charge in [-0.25, -0.2) is 0 Å². The summed E-state index contributed by atoms with van der Waals surface area (Å²) in [5.74, 6) is 0.741. The molecule has 0 saturated heterocycles. The molecule has 0 heterocycles. The third-order valence-electron chi connectivity index (χ3n) is 6.32. The Kier molecular flexibility index (Phi) is 4.99. The van der Waals surface area contributed by atoms with Gasteiger partial charge >= 0.3 is 0 Å². The number of oxime groups is 1. The molecule has 3 unspecified atom stereocenters. The lowest BCUT2D eigenvalue weighted by molar-refractivity contribution is 0.0193. The predicted octanol–water partition coefficient (Wildman–Crippen LogP) is 2.91. The van der Waals surface area contributed by atoms with E-state index in [0.717, 1.165) is 25.4 Å². The second-order valence-corrected chi connectivity index (χ2v) is 7.47. The Morgan fingerprint density at radius 3 is 2.48 bits per heavy atom. The van der Waals surface area contributed by atoms with Crippen LogP contribution in [0.15, 0.2) is 5.16 Å². The first-order chi connectivity index (χ1) is 9.85. The molecular weight excluding hydrogens is 264 g/mol. The lowest BCUT2D eigenvalue weighted by atomic mass is 9.70. The minimum Gasteiger partial charge on any atom is -0.393 e. The number of aliphatic hydroxyl groups is 1. The molecule has 0 amide bonds. The van der Waals surface area contributed by atoms with Crippen molar-refractivity contribution in [1.29, 1.82) is 0 Å². The third-order valence-corrected chi connectivity index (χ3v) is 6.32. The van der Waals surface area contributed by atoms with Crippen LogP contribution in [0, 0.1) is 16.7 Å². The molecule has 4 nitrogen and oxygen atoms in total. The Hall–Kier alpha value is -0.610. The van der Waals surface area contributed by atoms with Crippen LogP contribution in [0.2, 0.25) is 0 Å². The van der Waals surface area contributed by atoms with Crippen molar-refractivity contribution >= 4 is 5.71 Å². The van der Waals surface area contributed by atoms with E-state index in [0.29, 0.717) is 18.6 Å². The molecule has 0 spiro atoms. The molecule has 2 fully saturated rings. The van der Waals surface area contributed by atoms with Gasteiger partial charge in [0.1, 0.15) is 12.7 Å². The van der Waals surface area contributed by atoms with Crippen molar-refractivity contribution in [1.82, 2.24) is 4.90 Å². The summed E-state index contributed by atoms with van der Waals surface area (Å²) < 4.78 is 0. The van der Waals surface area contributed by atoms with Crippen molar-refractivity contribution in [3.8, 4) is 0 Å². The van der Waals surface area contributed by atoms with Crippen molar-refractivity contribution < 1.29 is 9.94 Å². The van der Waals surface area contributed by atoms with Crippen LogP contribution in [0.4, 0.5) is 0 Å². The molecule has 21 heavy (non-hydrogen) atoms. The fourth-order valence-electron chi connectivity index (χ4n) is 4.10. The second kappa shape index (κ2) is 6.25. The normalized spacial score (nSPS) is 33.9. The minimum absolute atomic E-state index is 0.182.